The van der Waals surface area contributed by atoms with E-state index in [0.717, 1.165) is 42.2 Å². The number of nitrogens with zero attached hydrogens (tertiary/aromatic N) is 4. The van der Waals surface area contributed by atoms with Crippen molar-refractivity contribution in [2.45, 2.75) is 26.3 Å². The predicted octanol–water partition coefficient (Wildman–Crippen LogP) is 4.44. The molecule has 3 aromatic heterocycles. The number of carbonyl (C=O) groups excluding carboxylic acids is 2. The van der Waals surface area contributed by atoms with Gasteiger partial charge in [-0.15, -0.1) is 23.7 Å². The average molecular weight is 503 g/mol. The molecule has 1 aliphatic rings. The maximum atomic E-state index is 12.4. The van der Waals surface area contributed by atoms with Gasteiger partial charge in [0.2, 0.25) is 0 Å². The van der Waals surface area contributed by atoms with Crippen LogP contribution in [0.5, 0.6) is 0 Å². The van der Waals surface area contributed by atoms with Crippen molar-refractivity contribution >= 4 is 47.4 Å². The predicted molar refractivity (Wildman–Crippen MR) is 134 cm³/mol. The zero-order chi connectivity index (χ0) is 23.0. The van der Waals surface area contributed by atoms with Gasteiger partial charge in [-0.25, -0.2) is 14.8 Å². The van der Waals surface area contributed by atoms with Crippen LogP contribution in [0.15, 0.2) is 48.1 Å². The van der Waals surface area contributed by atoms with E-state index in [1.54, 1.807) is 23.8 Å². The van der Waals surface area contributed by atoms with Gasteiger partial charge in [0.25, 0.3) is 0 Å². The van der Waals surface area contributed by atoms with Gasteiger partial charge in [-0.05, 0) is 57.1 Å². The number of hydrogen-bond acceptors (Lipinski definition) is 8. The molecule has 0 unspecified atom stereocenters. The second-order valence-corrected chi connectivity index (χ2v) is 8.53. The Hall–Kier alpha value is -3.08. The molecule has 0 aromatic carbocycles. The summed E-state index contributed by atoms with van der Waals surface area (Å²) in [4.78, 5) is 39.6. The standard InChI is InChI=1S/C23H26N6O3S.ClH/c1-2-32-22(30)17-8-12-29(13-9-17)14-18-4-3-5-19(25-18)27-23(31)28-20-15-33-21(26-20)16-6-10-24-11-7-16;/h3-7,10-11,15,17H,2,8-9,12-14H2,1H3,(H2,25,27,28,31);1H. The number of carbonyl (C=O) groups is 2. The number of amides is 2. The maximum Gasteiger partial charge on any atom is 0.326 e. The highest BCUT2D eigenvalue weighted by molar-refractivity contribution is 7.13. The van der Waals surface area contributed by atoms with Gasteiger partial charge in [0.1, 0.15) is 16.6 Å². The first-order valence-corrected chi connectivity index (χ1v) is 11.8. The van der Waals surface area contributed by atoms with Crippen LogP contribution in [0.3, 0.4) is 0 Å². The Morgan fingerprint density at radius 3 is 2.56 bits per heavy atom. The number of thiazole rings is 1. The van der Waals surface area contributed by atoms with E-state index >= 15 is 0 Å². The number of nitrogens with one attached hydrogen (secondary N) is 2. The number of halogens is 1. The molecule has 34 heavy (non-hydrogen) atoms. The van der Waals surface area contributed by atoms with Crippen LogP contribution in [0, 0.1) is 5.92 Å². The van der Waals surface area contributed by atoms with Crippen molar-refractivity contribution < 1.29 is 14.3 Å². The second kappa shape index (κ2) is 12.4. The summed E-state index contributed by atoms with van der Waals surface area (Å²) in [6, 6.07) is 8.89. The lowest BCUT2D eigenvalue weighted by atomic mass is 9.97. The molecule has 2 amide bonds. The first-order chi connectivity index (χ1) is 16.1. The SMILES string of the molecule is CCOC(=O)C1CCN(Cc2cccc(NC(=O)Nc3csc(-c4ccncc4)n3)n2)CC1.Cl. The molecule has 0 atom stereocenters. The number of esters is 1. The molecule has 0 radical (unpaired) electrons. The first kappa shape index (κ1) is 25.5. The second-order valence-electron chi connectivity index (χ2n) is 7.67. The van der Waals surface area contributed by atoms with Gasteiger partial charge in [-0.2, -0.15) is 0 Å². The Morgan fingerprint density at radius 2 is 1.82 bits per heavy atom. The molecule has 0 spiro atoms. The van der Waals surface area contributed by atoms with E-state index in [4.69, 9.17) is 4.74 Å². The van der Waals surface area contributed by atoms with E-state index in [9.17, 15) is 9.59 Å². The van der Waals surface area contributed by atoms with Crippen LogP contribution >= 0.6 is 23.7 Å². The minimum atomic E-state index is -0.401. The van der Waals surface area contributed by atoms with Crippen LogP contribution in [0.4, 0.5) is 16.4 Å². The number of anilines is 2. The monoisotopic (exact) mass is 502 g/mol. The molecule has 0 aliphatic carbocycles. The summed E-state index contributed by atoms with van der Waals surface area (Å²) in [7, 11) is 0. The van der Waals surface area contributed by atoms with Crippen LogP contribution < -0.4 is 10.6 Å². The van der Waals surface area contributed by atoms with Crippen molar-refractivity contribution in [3.63, 3.8) is 0 Å². The molecule has 11 heteroatoms. The van der Waals surface area contributed by atoms with Gasteiger partial charge >= 0.3 is 12.0 Å². The summed E-state index contributed by atoms with van der Waals surface area (Å²) in [6.45, 7) is 4.54. The molecule has 3 aromatic rings. The minimum Gasteiger partial charge on any atom is -0.466 e. The van der Waals surface area contributed by atoms with Gasteiger partial charge in [0.15, 0.2) is 0 Å². The third-order valence-electron chi connectivity index (χ3n) is 5.31. The molecule has 1 saturated heterocycles. The molecule has 0 saturated carbocycles. The summed E-state index contributed by atoms with van der Waals surface area (Å²) >= 11 is 1.45. The molecule has 4 rings (SSSR count). The number of likely N-dealkylation sites (tertiary alicyclic amines) is 1. The number of aromatic nitrogens is 3. The Morgan fingerprint density at radius 1 is 1.09 bits per heavy atom. The van der Waals surface area contributed by atoms with Crippen molar-refractivity contribution in [1.82, 2.24) is 19.9 Å². The van der Waals surface area contributed by atoms with E-state index in [2.05, 4.69) is 30.5 Å². The van der Waals surface area contributed by atoms with Crippen LogP contribution in [0.25, 0.3) is 10.6 Å². The molecule has 1 fully saturated rings. The van der Waals surface area contributed by atoms with Crippen molar-refractivity contribution in [3.05, 3.63) is 53.8 Å². The summed E-state index contributed by atoms with van der Waals surface area (Å²) < 4.78 is 5.13. The Balaban J connectivity index is 0.00000324. The normalized spacial score (nSPS) is 14.1. The molecular weight excluding hydrogens is 476 g/mol. The van der Waals surface area contributed by atoms with E-state index in [-0.39, 0.29) is 24.3 Å². The van der Waals surface area contributed by atoms with Crippen LogP contribution in [-0.2, 0) is 16.1 Å². The zero-order valence-electron chi connectivity index (χ0n) is 18.8. The van der Waals surface area contributed by atoms with Crippen molar-refractivity contribution in [1.29, 1.82) is 0 Å². The molecule has 180 valence electrons. The highest BCUT2D eigenvalue weighted by Gasteiger charge is 2.26. The average Bonchev–Trinajstić information content (AvgIpc) is 3.29. The van der Waals surface area contributed by atoms with Gasteiger partial charge in [0, 0.05) is 29.9 Å². The third-order valence-corrected chi connectivity index (χ3v) is 6.21. The van der Waals surface area contributed by atoms with E-state index in [0.29, 0.717) is 24.8 Å². The lowest BCUT2D eigenvalue weighted by molar-refractivity contribution is -0.149. The van der Waals surface area contributed by atoms with Crippen LogP contribution in [-0.4, -0.2) is 51.5 Å². The summed E-state index contributed by atoms with van der Waals surface area (Å²) in [5.41, 5.74) is 1.81. The number of hydrogen-bond donors (Lipinski definition) is 2. The number of rotatable bonds is 7. The fourth-order valence-corrected chi connectivity index (χ4v) is 4.43. The number of pyridine rings is 2. The lowest BCUT2D eigenvalue weighted by Crippen LogP contribution is -2.36. The van der Waals surface area contributed by atoms with E-state index < -0.39 is 6.03 Å². The van der Waals surface area contributed by atoms with Gasteiger partial charge < -0.3 is 4.74 Å². The van der Waals surface area contributed by atoms with Gasteiger partial charge in [-0.1, -0.05) is 6.07 Å². The smallest absolute Gasteiger partial charge is 0.326 e. The van der Waals surface area contributed by atoms with Gasteiger partial charge in [0.05, 0.1) is 18.2 Å². The highest BCUT2D eigenvalue weighted by Crippen LogP contribution is 2.25. The quantitative estimate of drug-likeness (QED) is 0.459. The molecule has 0 bridgehead atoms. The van der Waals surface area contributed by atoms with E-state index in [1.165, 1.54) is 11.3 Å². The van der Waals surface area contributed by atoms with E-state index in [1.807, 2.05) is 31.2 Å². The lowest BCUT2D eigenvalue weighted by Gasteiger charge is -2.30. The molecule has 2 N–H and O–H groups in total. The fourth-order valence-electron chi connectivity index (χ4n) is 3.68. The summed E-state index contributed by atoms with van der Waals surface area (Å²) in [5.74, 6) is 0.831. The van der Waals surface area contributed by atoms with Crippen molar-refractivity contribution in [2.24, 2.45) is 5.92 Å². The number of piperidine rings is 1. The Labute approximate surface area is 208 Å². The molecular formula is C23H27ClN6O3S. The van der Waals surface area contributed by atoms with Crippen LogP contribution in [0.1, 0.15) is 25.5 Å². The number of ether oxygens (including phenoxy) is 1. The van der Waals surface area contributed by atoms with Crippen molar-refractivity contribution in [2.75, 3.05) is 30.3 Å². The molecule has 4 heterocycles. The summed E-state index contributed by atoms with van der Waals surface area (Å²) in [5, 5.41) is 8.11. The van der Waals surface area contributed by atoms with Crippen LogP contribution in [0.2, 0.25) is 0 Å². The largest absolute Gasteiger partial charge is 0.466 e. The Bertz CT molecular complexity index is 1090. The van der Waals surface area contributed by atoms with Gasteiger partial charge in [-0.3, -0.25) is 25.3 Å². The minimum absolute atomic E-state index is 0. The third kappa shape index (κ3) is 6.96. The highest BCUT2D eigenvalue weighted by atomic mass is 35.5. The topological polar surface area (TPSA) is 109 Å². The van der Waals surface area contributed by atoms with Crippen molar-refractivity contribution in [3.8, 4) is 10.6 Å². The Kier molecular flexibility index (Phi) is 9.32. The zero-order valence-corrected chi connectivity index (χ0v) is 20.4. The molecule has 9 nitrogen and oxygen atoms in total. The molecule has 1 aliphatic heterocycles. The number of urea groups is 1. The fraction of sp³-hybridized carbons (Fsp3) is 0.348. The summed E-state index contributed by atoms with van der Waals surface area (Å²) in [6.07, 6.45) is 4.98. The first-order valence-electron chi connectivity index (χ1n) is 10.9. The maximum absolute atomic E-state index is 12.4.